The van der Waals surface area contributed by atoms with Crippen molar-refractivity contribution in [3.05, 3.63) is 58.4 Å². The summed E-state index contributed by atoms with van der Waals surface area (Å²) in [6.45, 7) is 12.0. The Bertz CT molecular complexity index is 1600. The molecule has 2 aromatic carbocycles. The van der Waals surface area contributed by atoms with Gasteiger partial charge in [0.1, 0.15) is 18.2 Å². The number of guanidine groups is 1. The topological polar surface area (TPSA) is 93.0 Å². The molecule has 2 N–H and O–H groups in total. The van der Waals surface area contributed by atoms with Crippen LogP contribution in [0.2, 0.25) is 0 Å². The summed E-state index contributed by atoms with van der Waals surface area (Å²) < 4.78 is 26.7. The molecule has 238 valence electrons. The van der Waals surface area contributed by atoms with Crippen LogP contribution in [0.1, 0.15) is 53.8 Å². The van der Waals surface area contributed by atoms with Gasteiger partial charge in [0.2, 0.25) is 0 Å². The summed E-state index contributed by atoms with van der Waals surface area (Å²) >= 11 is 0. The Morgan fingerprint density at radius 1 is 1.20 bits per heavy atom. The van der Waals surface area contributed by atoms with E-state index in [9.17, 15) is 9.18 Å². The van der Waals surface area contributed by atoms with Gasteiger partial charge < -0.3 is 25.0 Å². The Labute approximate surface area is 259 Å². The van der Waals surface area contributed by atoms with Gasteiger partial charge in [-0.3, -0.25) is 9.36 Å². The molecule has 1 aliphatic heterocycles. The fourth-order valence-corrected chi connectivity index (χ4v) is 7.29. The minimum Gasteiger partial charge on any atom is -0.497 e. The number of hydrogen-bond acceptors (Lipinski definition) is 6. The Kier molecular flexibility index (Phi) is 8.94. The number of halogens is 1. The maximum absolute atomic E-state index is 14.5. The van der Waals surface area contributed by atoms with Gasteiger partial charge in [-0.05, 0) is 73.3 Å². The lowest BCUT2D eigenvalue weighted by atomic mass is 9.45. The molecule has 10 heteroatoms. The van der Waals surface area contributed by atoms with Gasteiger partial charge in [-0.2, -0.15) is 0 Å². The minimum atomic E-state index is -0.543. The Hall–Kier alpha value is -3.66. The fraction of sp³-hybridized carbons (Fsp3) is 0.559. The predicted molar refractivity (Wildman–Crippen MR) is 174 cm³/mol. The summed E-state index contributed by atoms with van der Waals surface area (Å²) in [5.74, 6) is 3.15. The lowest BCUT2D eigenvalue weighted by Gasteiger charge is -2.61. The van der Waals surface area contributed by atoms with E-state index in [1.54, 1.807) is 19.2 Å². The third kappa shape index (κ3) is 5.88. The molecule has 2 bridgehead atoms. The van der Waals surface area contributed by atoms with Gasteiger partial charge in [-0.1, -0.05) is 28.2 Å². The highest BCUT2D eigenvalue weighted by molar-refractivity contribution is 5.96. The van der Waals surface area contributed by atoms with Gasteiger partial charge in [-0.25, -0.2) is 14.4 Å². The normalized spacial score (nSPS) is 26.0. The van der Waals surface area contributed by atoms with E-state index in [4.69, 9.17) is 19.5 Å². The van der Waals surface area contributed by atoms with E-state index in [-0.39, 0.29) is 31.4 Å². The van der Waals surface area contributed by atoms with Crippen molar-refractivity contribution >= 4 is 22.5 Å². The highest BCUT2D eigenvalue weighted by Crippen LogP contribution is 2.61. The van der Waals surface area contributed by atoms with Crippen LogP contribution in [0, 0.1) is 29.0 Å². The van der Waals surface area contributed by atoms with Crippen LogP contribution in [0.15, 0.2) is 46.2 Å². The molecule has 2 heterocycles. The average molecular weight is 607 g/mol. The molecule has 4 aliphatic rings. The van der Waals surface area contributed by atoms with E-state index in [1.165, 1.54) is 30.2 Å². The van der Waals surface area contributed by atoms with E-state index in [0.717, 1.165) is 43.6 Å². The van der Waals surface area contributed by atoms with Crippen molar-refractivity contribution < 1.29 is 13.9 Å². The van der Waals surface area contributed by atoms with Crippen LogP contribution >= 0.6 is 0 Å². The van der Waals surface area contributed by atoms with Crippen molar-refractivity contribution in [2.75, 3.05) is 32.1 Å². The lowest BCUT2D eigenvalue weighted by molar-refractivity contribution is -0.108. The summed E-state index contributed by atoms with van der Waals surface area (Å²) in [5.41, 5.74) is 1.58. The zero-order valence-electron chi connectivity index (χ0n) is 26.0. The Morgan fingerprint density at radius 2 is 2.00 bits per heavy atom. The maximum atomic E-state index is 14.5. The third-order valence-corrected chi connectivity index (χ3v) is 10.2. The highest BCUT2D eigenvalue weighted by atomic mass is 19.1. The average Bonchev–Trinajstić information content (AvgIpc) is 2.98. The second-order valence-corrected chi connectivity index (χ2v) is 13.1. The van der Waals surface area contributed by atoms with Crippen LogP contribution in [0.3, 0.4) is 0 Å². The van der Waals surface area contributed by atoms with E-state index in [1.807, 2.05) is 12.1 Å². The monoisotopic (exact) mass is 606 g/mol. The van der Waals surface area contributed by atoms with Gasteiger partial charge in [-0.15, -0.1) is 0 Å². The summed E-state index contributed by atoms with van der Waals surface area (Å²) in [6, 6.07) is 10.6. The Balaban J connectivity index is 0.00000384. The number of nitrogens with zero attached hydrogens (tertiary/aromatic N) is 4. The number of methoxy groups -OCH3 is 1. The first-order chi connectivity index (χ1) is 20.5. The maximum Gasteiger partial charge on any atom is 0.261 e. The first kappa shape index (κ1) is 31.8. The lowest BCUT2D eigenvalue weighted by Crippen LogP contribution is -2.57. The van der Waals surface area contributed by atoms with E-state index >= 15 is 0 Å². The number of rotatable bonds is 6. The van der Waals surface area contributed by atoms with Crippen LogP contribution in [0.4, 0.5) is 10.1 Å². The van der Waals surface area contributed by atoms with Gasteiger partial charge >= 0.3 is 0 Å². The third-order valence-electron chi connectivity index (χ3n) is 10.2. The van der Waals surface area contributed by atoms with Gasteiger partial charge in [0.05, 0.1) is 24.1 Å². The van der Waals surface area contributed by atoms with Gasteiger partial charge in [0.25, 0.3) is 5.56 Å². The van der Waals surface area contributed by atoms with E-state index < -0.39 is 5.82 Å². The molecule has 0 radical (unpaired) electrons. The molecule has 7 rings (SSSR count). The molecule has 44 heavy (non-hydrogen) atoms. The summed E-state index contributed by atoms with van der Waals surface area (Å²) in [6.07, 6.45) is 2.43. The zero-order chi connectivity index (χ0) is 30.5. The number of aliphatic imine (C=N–C) groups is 1. The molecule has 1 aromatic heterocycles. The van der Waals surface area contributed by atoms with Crippen molar-refractivity contribution in [3.63, 3.8) is 0 Å². The smallest absolute Gasteiger partial charge is 0.261 e. The van der Waals surface area contributed by atoms with Gasteiger partial charge in [0, 0.05) is 44.5 Å². The molecule has 0 spiro atoms. The number of piperazine rings is 1. The molecule has 3 aliphatic carbocycles. The van der Waals surface area contributed by atoms with Crippen LogP contribution in [-0.2, 0) is 13.7 Å². The van der Waals surface area contributed by atoms with Crippen molar-refractivity contribution in [2.24, 2.45) is 35.2 Å². The van der Waals surface area contributed by atoms with Crippen LogP contribution in [0.5, 0.6) is 11.5 Å². The quantitative estimate of drug-likeness (QED) is 0.286. The largest absolute Gasteiger partial charge is 0.497 e. The summed E-state index contributed by atoms with van der Waals surface area (Å²) in [7, 11) is 3.13. The number of hydrogen-bond donors (Lipinski definition) is 2. The van der Waals surface area contributed by atoms with Crippen molar-refractivity contribution in [1.29, 1.82) is 0 Å². The first-order valence-corrected chi connectivity index (χ1v) is 15.3. The van der Waals surface area contributed by atoms with Crippen molar-refractivity contribution in [3.8, 4) is 11.5 Å². The number of anilines is 1. The van der Waals surface area contributed by atoms with Gasteiger partial charge in [0.15, 0.2) is 17.5 Å². The molecule has 3 saturated carbocycles. The minimum absolute atomic E-state index is 0. The molecule has 0 amide bonds. The van der Waals surface area contributed by atoms with E-state index in [0.29, 0.717) is 45.8 Å². The molecule has 5 atom stereocenters. The Morgan fingerprint density at radius 3 is 2.68 bits per heavy atom. The molecule has 1 unspecified atom stereocenters. The van der Waals surface area contributed by atoms with Crippen LogP contribution < -0.4 is 25.7 Å². The number of fused-ring (bicyclic) bond motifs is 3. The zero-order valence-corrected chi connectivity index (χ0v) is 26.0. The standard InChI is InChI=1S/C33H43FN6O3.CH4/c1-19-17-40(12-11-35-19)32(38-27-14-21-13-25(20(27)2)33(21,3)4)36-22-7-9-24-28(15-22)37-30(39(5)31(24)41)18-43-29-10-8-23(42-6)16-26(29)34;/h7-10,15-16,19-21,25,27,35H,11-14,17-18H2,1-6H3,(H,36,38);1H4/t19-,20-,21+,25-,27?;/m0./s1. The number of nitrogens with one attached hydrogen (secondary N) is 2. The summed E-state index contributed by atoms with van der Waals surface area (Å²) in [4.78, 5) is 25.7. The van der Waals surface area contributed by atoms with Crippen molar-refractivity contribution in [2.45, 2.75) is 66.7 Å². The van der Waals surface area contributed by atoms with Crippen molar-refractivity contribution in [1.82, 2.24) is 19.8 Å². The second kappa shape index (κ2) is 12.4. The number of aromatic nitrogens is 2. The predicted octanol–water partition coefficient (Wildman–Crippen LogP) is 5.43. The van der Waals surface area contributed by atoms with Crippen LogP contribution in [0.25, 0.3) is 10.9 Å². The van der Waals surface area contributed by atoms with E-state index in [2.05, 4.69) is 43.2 Å². The molecular formula is C34H47FN6O3. The SMILES string of the molecule is C.COc1ccc(OCc2nc3cc(NC(=NC4C[C@H]5C[C@@H]([C@@H]4C)C5(C)C)N4CCN[C@@H](C)C4)ccc3c(=O)n2C)c(F)c1. The number of ether oxygens (including phenoxy) is 2. The first-order valence-electron chi connectivity index (χ1n) is 15.3. The van der Waals surface area contributed by atoms with Crippen LogP contribution in [-0.4, -0.2) is 59.2 Å². The summed E-state index contributed by atoms with van der Waals surface area (Å²) in [5, 5.41) is 7.65. The molecule has 1 saturated heterocycles. The molecule has 3 aromatic rings. The fourth-order valence-electron chi connectivity index (χ4n) is 7.29. The number of benzene rings is 2. The molecule has 4 fully saturated rings. The highest BCUT2D eigenvalue weighted by Gasteiger charge is 2.56. The molecular weight excluding hydrogens is 559 g/mol. The second-order valence-electron chi connectivity index (χ2n) is 13.1. The molecule has 9 nitrogen and oxygen atoms in total.